The lowest BCUT2D eigenvalue weighted by molar-refractivity contribution is 0.341. The molecule has 1 atom stereocenters. The Balaban J connectivity index is 1.73. The van der Waals surface area contributed by atoms with E-state index in [1.54, 1.807) is 0 Å². The van der Waals surface area contributed by atoms with Crippen molar-refractivity contribution in [1.29, 1.82) is 0 Å². The molecule has 0 saturated carbocycles. The van der Waals surface area contributed by atoms with E-state index < -0.39 is 0 Å². The molecule has 1 unspecified atom stereocenters. The molecule has 0 saturated heterocycles. The zero-order valence-corrected chi connectivity index (χ0v) is 15.0. The second kappa shape index (κ2) is 6.88. The molecule has 4 rings (SSSR count). The predicted octanol–water partition coefficient (Wildman–Crippen LogP) is 2.86. The second-order valence-corrected chi connectivity index (χ2v) is 7.03. The molecular weight excluding hydrogens is 328 g/mol. The van der Waals surface area contributed by atoms with Gasteiger partial charge in [-0.05, 0) is 23.1 Å². The number of nitrogens with one attached hydrogen (secondary N) is 2. The van der Waals surface area contributed by atoms with Crippen molar-refractivity contribution in [3.63, 3.8) is 0 Å². The zero-order valence-electron chi connectivity index (χ0n) is 15.0. The number of hydrogen-bond acceptors (Lipinski definition) is 5. The molecule has 26 heavy (non-hydrogen) atoms. The highest BCUT2D eigenvalue weighted by Gasteiger charge is 2.25. The summed E-state index contributed by atoms with van der Waals surface area (Å²) in [5.74, 6) is 1.17. The number of aromatic nitrogens is 3. The van der Waals surface area contributed by atoms with Crippen molar-refractivity contribution < 1.29 is 4.52 Å². The normalized spacial score (nSPS) is 15.0. The standard InChI is InChI=1S/C20H22N4O2/c1-12(2)17(13-6-4-3-5-7-13)20-23-18(24-26-20)15-10-14-11-21-9-8-16(14)22-19(15)25/h3-7,10,12,17,21H,8-9,11H2,1-2H3,(H,22,25). The molecule has 6 nitrogen and oxygen atoms in total. The Morgan fingerprint density at radius 1 is 1.19 bits per heavy atom. The molecule has 0 spiro atoms. The zero-order chi connectivity index (χ0) is 18.1. The van der Waals surface area contributed by atoms with E-state index in [1.165, 1.54) is 0 Å². The second-order valence-electron chi connectivity index (χ2n) is 7.03. The highest BCUT2D eigenvalue weighted by atomic mass is 16.5. The lowest BCUT2D eigenvalue weighted by Gasteiger charge is -2.17. The van der Waals surface area contributed by atoms with Crippen LogP contribution in [0.1, 0.15) is 42.5 Å². The number of fused-ring (bicyclic) bond motifs is 1. The summed E-state index contributed by atoms with van der Waals surface area (Å²) in [6.07, 6.45) is 0.825. The summed E-state index contributed by atoms with van der Waals surface area (Å²) in [5.41, 5.74) is 3.49. The van der Waals surface area contributed by atoms with Gasteiger partial charge in [0.25, 0.3) is 5.56 Å². The van der Waals surface area contributed by atoms with Gasteiger partial charge in [-0.15, -0.1) is 0 Å². The molecule has 2 aromatic heterocycles. The first kappa shape index (κ1) is 16.7. The van der Waals surface area contributed by atoms with E-state index in [1.807, 2.05) is 24.3 Å². The van der Waals surface area contributed by atoms with Crippen LogP contribution in [0, 0.1) is 5.92 Å². The Bertz CT molecular complexity index is 959. The molecule has 134 valence electrons. The largest absolute Gasteiger partial charge is 0.338 e. The van der Waals surface area contributed by atoms with Gasteiger partial charge in [-0.1, -0.05) is 49.3 Å². The maximum atomic E-state index is 12.5. The van der Waals surface area contributed by atoms with Crippen molar-refractivity contribution in [1.82, 2.24) is 20.4 Å². The van der Waals surface area contributed by atoms with E-state index in [2.05, 4.69) is 46.4 Å². The number of pyridine rings is 1. The Hall–Kier alpha value is -2.73. The molecule has 1 aliphatic heterocycles. The van der Waals surface area contributed by atoms with Gasteiger partial charge < -0.3 is 14.8 Å². The first-order chi connectivity index (χ1) is 12.6. The molecule has 3 heterocycles. The molecule has 0 aliphatic carbocycles. The summed E-state index contributed by atoms with van der Waals surface area (Å²) in [7, 11) is 0. The molecule has 6 heteroatoms. The summed E-state index contributed by atoms with van der Waals surface area (Å²) in [6, 6.07) is 12.0. The van der Waals surface area contributed by atoms with Gasteiger partial charge in [0.2, 0.25) is 11.7 Å². The fourth-order valence-corrected chi connectivity index (χ4v) is 3.54. The smallest absolute Gasteiger partial charge is 0.259 e. The lowest BCUT2D eigenvalue weighted by Crippen LogP contribution is -2.27. The van der Waals surface area contributed by atoms with Crippen molar-refractivity contribution in [2.24, 2.45) is 5.92 Å². The Morgan fingerprint density at radius 3 is 2.77 bits per heavy atom. The van der Waals surface area contributed by atoms with Crippen LogP contribution in [0.3, 0.4) is 0 Å². The molecular formula is C20H22N4O2. The van der Waals surface area contributed by atoms with Crippen LogP contribution in [0.25, 0.3) is 11.4 Å². The number of H-pyrrole nitrogens is 1. The molecule has 0 amide bonds. The maximum Gasteiger partial charge on any atom is 0.259 e. The number of aromatic amines is 1. The van der Waals surface area contributed by atoms with Gasteiger partial charge in [0, 0.05) is 25.2 Å². The number of hydrogen-bond donors (Lipinski definition) is 2. The van der Waals surface area contributed by atoms with Crippen LogP contribution in [0.5, 0.6) is 0 Å². The topological polar surface area (TPSA) is 83.8 Å². The molecule has 1 aromatic carbocycles. The van der Waals surface area contributed by atoms with Gasteiger partial charge in [-0.3, -0.25) is 4.79 Å². The minimum absolute atomic E-state index is 0.00387. The molecule has 0 bridgehead atoms. The number of nitrogens with zero attached hydrogens (tertiary/aromatic N) is 2. The van der Waals surface area contributed by atoms with E-state index >= 15 is 0 Å². The number of benzene rings is 1. The summed E-state index contributed by atoms with van der Waals surface area (Å²) in [4.78, 5) is 20.0. The summed E-state index contributed by atoms with van der Waals surface area (Å²) >= 11 is 0. The third kappa shape index (κ3) is 3.08. The molecule has 1 aliphatic rings. The van der Waals surface area contributed by atoms with Gasteiger partial charge in [-0.2, -0.15) is 4.98 Å². The third-order valence-electron chi connectivity index (χ3n) is 4.86. The van der Waals surface area contributed by atoms with Gasteiger partial charge in [-0.25, -0.2) is 0 Å². The highest BCUT2D eigenvalue weighted by molar-refractivity contribution is 5.55. The van der Waals surface area contributed by atoms with E-state index in [0.717, 1.165) is 36.3 Å². The van der Waals surface area contributed by atoms with E-state index in [4.69, 9.17) is 4.52 Å². The van der Waals surface area contributed by atoms with Crippen molar-refractivity contribution in [2.45, 2.75) is 32.7 Å². The van der Waals surface area contributed by atoms with Crippen LogP contribution in [0.15, 0.2) is 45.7 Å². The lowest BCUT2D eigenvalue weighted by atomic mass is 9.88. The Kier molecular flexibility index (Phi) is 4.42. The number of rotatable bonds is 4. The van der Waals surface area contributed by atoms with E-state index in [0.29, 0.717) is 17.3 Å². The predicted molar refractivity (Wildman–Crippen MR) is 98.9 cm³/mol. The average Bonchev–Trinajstić information content (AvgIpc) is 3.11. The Labute approximate surface area is 151 Å². The van der Waals surface area contributed by atoms with Crippen LogP contribution in [-0.4, -0.2) is 21.7 Å². The van der Waals surface area contributed by atoms with E-state index in [-0.39, 0.29) is 17.4 Å². The summed E-state index contributed by atoms with van der Waals surface area (Å²) < 4.78 is 5.57. The van der Waals surface area contributed by atoms with Crippen molar-refractivity contribution in [2.75, 3.05) is 6.54 Å². The highest BCUT2D eigenvalue weighted by Crippen LogP contribution is 2.31. The molecule has 3 aromatic rings. The minimum atomic E-state index is -0.168. The van der Waals surface area contributed by atoms with Crippen molar-refractivity contribution in [3.05, 3.63) is 69.5 Å². The van der Waals surface area contributed by atoms with Gasteiger partial charge in [0.1, 0.15) is 0 Å². The van der Waals surface area contributed by atoms with Crippen LogP contribution in [0.2, 0.25) is 0 Å². The van der Waals surface area contributed by atoms with Crippen molar-refractivity contribution in [3.8, 4) is 11.4 Å². The monoisotopic (exact) mass is 350 g/mol. The summed E-state index contributed by atoms with van der Waals surface area (Å²) in [5, 5.41) is 7.41. The van der Waals surface area contributed by atoms with Crippen molar-refractivity contribution >= 4 is 0 Å². The average molecular weight is 350 g/mol. The van der Waals surface area contributed by atoms with Crippen LogP contribution in [-0.2, 0) is 13.0 Å². The van der Waals surface area contributed by atoms with Crippen LogP contribution < -0.4 is 10.9 Å². The molecule has 0 fully saturated rings. The SMILES string of the molecule is CC(C)C(c1ccccc1)c1nc(-c2cc3c([nH]c2=O)CCNC3)no1. The van der Waals surface area contributed by atoms with Crippen LogP contribution >= 0.6 is 0 Å². The van der Waals surface area contributed by atoms with Crippen LogP contribution in [0.4, 0.5) is 0 Å². The molecule has 0 radical (unpaired) electrons. The maximum absolute atomic E-state index is 12.5. The van der Waals surface area contributed by atoms with Gasteiger partial charge >= 0.3 is 0 Å². The summed E-state index contributed by atoms with van der Waals surface area (Å²) in [6.45, 7) is 5.86. The van der Waals surface area contributed by atoms with E-state index in [9.17, 15) is 4.79 Å². The third-order valence-corrected chi connectivity index (χ3v) is 4.86. The first-order valence-electron chi connectivity index (χ1n) is 8.98. The fraction of sp³-hybridized carbons (Fsp3) is 0.350. The van der Waals surface area contributed by atoms with Gasteiger partial charge in [0.15, 0.2) is 0 Å². The molecule has 2 N–H and O–H groups in total. The fourth-order valence-electron chi connectivity index (χ4n) is 3.54. The Morgan fingerprint density at radius 2 is 2.00 bits per heavy atom. The quantitative estimate of drug-likeness (QED) is 0.756. The van der Waals surface area contributed by atoms with Gasteiger partial charge in [0.05, 0.1) is 11.5 Å². The first-order valence-corrected chi connectivity index (χ1v) is 8.98. The minimum Gasteiger partial charge on any atom is -0.338 e.